The number of hydrogen-bond donors (Lipinski definition) is 1. The average molecular weight is 464 g/mol. The van der Waals surface area contributed by atoms with Crippen LogP contribution in [0.3, 0.4) is 0 Å². The smallest absolute Gasteiger partial charge is 0.234 e. The minimum absolute atomic E-state index is 0.0355. The van der Waals surface area contributed by atoms with Crippen molar-refractivity contribution >= 4 is 23.4 Å². The van der Waals surface area contributed by atoms with Crippen LogP contribution < -0.4 is 5.32 Å². The van der Waals surface area contributed by atoms with Gasteiger partial charge in [-0.3, -0.25) is 9.69 Å². The molecule has 0 spiro atoms. The van der Waals surface area contributed by atoms with Gasteiger partial charge >= 0.3 is 0 Å². The van der Waals surface area contributed by atoms with Crippen molar-refractivity contribution in [3.05, 3.63) is 71.5 Å². The summed E-state index contributed by atoms with van der Waals surface area (Å²) >= 11 is 1.44. The highest BCUT2D eigenvalue weighted by atomic mass is 32.2. The number of anilines is 1. The molecule has 0 aliphatic carbocycles. The van der Waals surface area contributed by atoms with E-state index in [1.807, 2.05) is 30.3 Å². The molecular weight excluding hydrogens is 430 g/mol. The summed E-state index contributed by atoms with van der Waals surface area (Å²) in [6, 6.07) is 18.5. The number of aromatic nitrogens is 3. The third-order valence-electron chi connectivity index (χ3n) is 6.25. The quantitative estimate of drug-likeness (QED) is 0.421. The first-order valence-corrected chi connectivity index (χ1v) is 12.8. The van der Waals surface area contributed by atoms with Gasteiger partial charge < -0.3 is 9.88 Å². The van der Waals surface area contributed by atoms with E-state index in [1.54, 1.807) is 0 Å². The Morgan fingerprint density at radius 3 is 2.45 bits per heavy atom. The van der Waals surface area contributed by atoms with Gasteiger partial charge in [0.2, 0.25) is 5.91 Å². The fourth-order valence-electron chi connectivity index (χ4n) is 4.07. The van der Waals surface area contributed by atoms with Gasteiger partial charge in [0.05, 0.1) is 18.8 Å². The van der Waals surface area contributed by atoms with Crippen LogP contribution in [-0.4, -0.2) is 44.4 Å². The highest BCUT2D eigenvalue weighted by Gasteiger charge is 2.19. The molecule has 0 saturated carbocycles. The molecule has 0 bridgehead atoms. The van der Waals surface area contributed by atoms with E-state index in [2.05, 4.69) is 63.1 Å². The Morgan fingerprint density at radius 2 is 1.76 bits per heavy atom. The predicted octanol–water partition coefficient (Wildman–Crippen LogP) is 5.17. The lowest BCUT2D eigenvalue weighted by molar-refractivity contribution is -0.113. The molecular formula is C26H33N5OS. The summed E-state index contributed by atoms with van der Waals surface area (Å²) < 4.78 is 2.16. The molecule has 2 heterocycles. The first-order chi connectivity index (χ1) is 16.1. The summed E-state index contributed by atoms with van der Waals surface area (Å²) in [4.78, 5) is 15.0. The maximum atomic E-state index is 12.6. The summed E-state index contributed by atoms with van der Waals surface area (Å²) in [6.45, 7) is 8.13. The zero-order valence-electron chi connectivity index (χ0n) is 19.5. The number of nitrogens with zero attached hydrogens (tertiary/aromatic N) is 4. The number of rotatable bonds is 10. The van der Waals surface area contributed by atoms with Crippen LogP contribution in [0.4, 0.5) is 5.69 Å². The van der Waals surface area contributed by atoms with Crippen LogP contribution in [0.5, 0.6) is 0 Å². The SMILES string of the molecule is CCC(C)c1ccc(NC(=O)CSc2nnc(CN3CCCC3)n2Cc2ccccc2)cc1. The van der Waals surface area contributed by atoms with Gasteiger partial charge in [0.25, 0.3) is 0 Å². The van der Waals surface area contributed by atoms with E-state index in [0.29, 0.717) is 18.2 Å². The van der Waals surface area contributed by atoms with Crippen LogP contribution in [0, 0.1) is 0 Å². The van der Waals surface area contributed by atoms with Crippen LogP contribution in [0.1, 0.15) is 56.0 Å². The molecule has 33 heavy (non-hydrogen) atoms. The van der Waals surface area contributed by atoms with Crippen LogP contribution in [-0.2, 0) is 17.9 Å². The van der Waals surface area contributed by atoms with E-state index in [0.717, 1.165) is 42.7 Å². The molecule has 1 saturated heterocycles. The minimum Gasteiger partial charge on any atom is -0.325 e. The fraction of sp³-hybridized carbons (Fsp3) is 0.423. The van der Waals surface area contributed by atoms with E-state index >= 15 is 0 Å². The molecule has 7 heteroatoms. The van der Waals surface area contributed by atoms with Gasteiger partial charge in [-0.15, -0.1) is 10.2 Å². The van der Waals surface area contributed by atoms with Crippen LogP contribution >= 0.6 is 11.8 Å². The molecule has 2 aromatic carbocycles. The molecule has 1 fully saturated rings. The Labute approximate surface area is 200 Å². The average Bonchev–Trinajstić information content (AvgIpc) is 3.49. The number of carbonyl (C=O) groups excluding carboxylic acids is 1. The van der Waals surface area contributed by atoms with Crippen molar-refractivity contribution in [3.8, 4) is 0 Å². The molecule has 1 aliphatic heterocycles. The number of carbonyl (C=O) groups is 1. The molecule has 1 unspecified atom stereocenters. The summed E-state index contributed by atoms with van der Waals surface area (Å²) in [5.74, 6) is 1.75. The van der Waals surface area contributed by atoms with E-state index in [1.165, 1.54) is 35.7 Å². The Hall–Kier alpha value is -2.64. The van der Waals surface area contributed by atoms with E-state index in [9.17, 15) is 4.79 Å². The lowest BCUT2D eigenvalue weighted by atomic mass is 9.99. The first-order valence-electron chi connectivity index (χ1n) is 11.8. The minimum atomic E-state index is -0.0355. The highest BCUT2D eigenvalue weighted by molar-refractivity contribution is 7.99. The molecule has 0 radical (unpaired) electrons. The zero-order chi connectivity index (χ0) is 23.0. The van der Waals surface area contributed by atoms with Crippen molar-refractivity contribution in [2.45, 2.75) is 57.3 Å². The summed E-state index contributed by atoms with van der Waals surface area (Å²) in [6.07, 6.45) is 3.59. The second-order valence-corrected chi connectivity index (χ2v) is 9.66. The summed E-state index contributed by atoms with van der Waals surface area (Å²) in [5, 5.41) is 12.7. The van der Waals surface area contributed by atoms with Gasteiger partial charge in [0.15, 0.2) is 5.16 Å². The van der Waals surface area contributed by atoms with Crippen molar-refractivity contribution in [2.24, 2.45) is 0 Å². The van der Waals surface area contributed by atoms with Crippen LogP contribution in [0.25, 0.3) is 0 Å². The Morgan fingerprint density at radius 1 is 1.03 bits per heavy atom. The van der Waals surface area contributed by atoms with Gasteiger partial charge in [0.1, 0.15) is 5.82 Å². The lowest BCUT2D eigenvalue weighted by Gasteiger charge is -2.16. The van der Waals surface area contributed by atoms with Crippen molar-refractivity contribution < 1.29 is 4.79 Å². The lowest BCUT2D eigenvalue weighted by Crippen LogP contribution is -2.22. The largest absolute Gasteiger partial charge is 0.325 e. The second-order valence-electron chi connectivity index (χ2n) is 8.72. The number of benzene rings is 2. The number of thioether (sulfide) groups is 1. The van der Waals surface area contributed by atoms with E-state index in [-0.39, 0.29) is 5.91 Å². The topological polar surface area (TPSA) is 63.1 Å². The van der Waals surface area contributed by atoms with Gasteiger partial charge in [-0.05, 0) is 61.5 Å². The molecule has 1 atom stereocenters. The van der Waals surface area contributed by atoms with Crippen LogP contribution in [0.2, 0.25) is 0 Å². The van der Waals surface area contributed by atoms with Gasteiger partial charge in [-0.25, -0.2) is 0 Å². The third-order valence-corrected chi connectivity index (χ3v) is 7.22. The van der Waals surface area contributed by atoms with Crippen molar-refractivity contribution in [1.29, 1.82) is 0 Å². The molecule has 1 amide bonds. The number of nitrogens with one attached hydrogen (secondary N) is 1. The van der Waals surface area contributed by atoms with Crippen LogP contribution in [0.15, 0.2) is 59.8 Å². The predicted molar refractivity (Wildman–Crippen MR) is 135 cm³/mol. The first kappa shape index (κ1) is 23.5. The zero-order valence-corrected chi connectivity index (χ0v) is 20.4. The van der Waals surface area contributed by atoms with E-state index < -0.39 is 0 Å². The number of hydrogen-bond acceptors (Lipinski definition) is 5. The Kier molecular flexibility index (Phi) is 8.18. The van der Waals surface area contributed by atoms with Gasteiger partial charge in [-0.2, -0.15) is 0 Å². The Balaban J connectivity index is 1.41. The standard InChI is InChI=1S/C26H33N5OS/c1-3-20(2)22-11-13-23(14-12-22)27-25(32)19-33-26-29-28-24(18-30-15-7-8-16-30)31(26)17-21-9-5-4-6-10-21/h4-6,9-14,20H,3,7-8,15-19H2,1-2H3,(H,27,32). The molecule has 4 rings (SSSR count). The molecule has 6 nitrogen and oxygen atoms in total. The Bertz CT molecular complexity index is 1030. The highest BCUT2D eigenvalue weighted by Crippen LogP contribution is 2.23. The normalized spacial score (nSPS) is 15.0. The second kappa shape index (κ2) is 11.5. The van der Waals surface area contributed by atoms with E-state index in [4.69, 9.17) is 0 Å². The van der Waals surface area contributed by atoms with Gasteiger partial charge in [0, 0.05) is 5.69 Å². The maximum Gasteiger partial charge on any atom is 0.234 e. The molecule has 174 valence electrons. The molecule has 1 aromatic heterocycles. The van der Waals surface area contributed by atoms with Crippen molar-refractivity contribution in [1.82, 2.24) is 19.7 Å². The monoisotopic (exact) mass is 463 g/mol. The number of amides is 1. The molecule has 1 N–H and O–H groups in total. The maximum absolute atomic E-state index is 12.6. The van der Waals surface area contributed by atoms with Crippen molar-refractivity contribution in [2.75, 3.05) is 24.2 Å². The van der Waals surface area contributed by atoms with Crippen molar-refractivity contribution in [3.63, 3.8) is 0 Å². The number of likely N-dealkylation sites (tertiary alicyclic amines) is 1. The third kappa shape index (κ3) is 6.45. The fourth-order valence-corrected chi connectivity index (χ4v) is 4.82. The molecule has 3 aromatic rings. The summed E-state index contributed by atoms with van der Waals surface area (Å²) in [5.41, 5.74) is 3.32. The summed E-state index contributed by atoms with van der Waals surface area (Å²) in [7, 11) is 0. The molecule has 1 aliphatic rings. The van der Waals surface area contributed by atoms with Gasteiger partial charge in [-0.1, -0.05) is 68.1 Å².